The first-order valence-electron chi connectivity index (χ1n) is 5.82. The number of rotatable bonds is 5. The number of nitrogens with zero attached hydrogens (tertiary/aromatic N) is 1. The van der Waals surface area contributed by atoms with Crippen molar-refractivity contribution in [2.45, 2.75) is 43.9 Å². The normalized spacial score (nSPS) is 22.6. The van der Waals surface area contributed by atoms with Gasteiger partial charge < -0.3 is 4.74 Å². The summed E-state index contributed by atoms with van der Waals surface area (Å²) in [4.78, 5) is 12.9. The fourth-order valence-corrected chi connectivity index (χ4v) is 2.20. The van der Waals surface area contributed by atoms with Crippen LogP contribution in [0.15, 0.2) is 0 Å². The quantitative estimate of drug-likeness (QED) is 0.700. The third-order valence-electron chi connectivity index (χ3n) is 3.25. The molecule has 2 aliphatic rings. The molecule has 6 heteroatoms. The van der Waals surface area contributed by atoms with Gasteiger partial charge in [0.1, 0.15) is 6.04 Å². The van der Waals surface area contributed by atoms with Crippen LogP contribution in [-0.4, -0.2) is 42.8 Å². The van der Waals surface area contributed by atoms with Crippen molar-refractivity contribution in [1.82, 2.24) is 4.90 Å². The molecular weight excluding hydrogens is 235 g/mol. The highest BCUT2D eigenvalue weighted by molar-refractivity contribution is 5.76. The van der Waals surface area contributed by atoms with E-state index in [1.165, 1.54) is 12.0 Å². The van der Waals surface area contributed by atoms with E-state index in [9.17, 15) is 18.0 Å². The second kappa shape index (κ2) is 4.48. The molecule has 2 aliphatic carbocycles. The van der Waals surface area contributed by atoms with Crippen molar-refractivity contribution in [2.24, 2.45) is 5.92 Å². The average Bonchev–Trinajstić information content (AvgIpc) is 3.06. The predicted molar refractivity (Wildman–Crippen MR) is 54.3 cm³/mol. The van der Waals surface area contributed by atoms with Crippen LogP contribution in [-0.2, 0) is 9.53 Å². The van der Waals surface area contributed by atoms with Gasteiger partial charge in [0.15, 0.2) is 0 Å². The lowest BCUT2D eigenvalue weighted by Gasteiger charge is -2.30. The molecule has 0 aromatic carbocycles. The van der Waals surface area contributed by atoms with Crippen LogP contribution in [0.2, 0.25) is 0 Å². The first kappa shape index (κ1) is 12.7. The molecule has 98 valence electrons. The van der Waals surface area contributed by atoms with Crippen LogP contribution in [0.4, 0.5) is 13.2 Å². The number of hydrogen-bond donors (Lipinski definition) is 0. The van der Waals surface area contributed by atoms with Gasteiger partial charge in [0.25, 0.3) is 0 Å². The predicted octanol–water partition coefficient (Wildman–Crippen LogP) is 1.96. The fraction of sp³-hybridized carbons (Fsp3) is 0.909. The van der Waals surface area contributed by atoms with Gasteiger partial charge in [-0.1, -0.05) is 0 Å². The molecule has 0 bridgehead atoms. The maximum atomic E-state index is 12.5. The molecule has 0 N–H and O–H groups in total. The highest BCUT2D eigenvalue weighted by atomic mass is 19.4. The minimum atomic E-state index is -4.26. The Labute approximate surface area is 97.9 Å². The molecule has 1 atom stereocenters. The Morgan fingerprint density at radius 3 is 2.29 bits per heavy atom. The molecular formula is C11H16F3NO2. The molecule has 0 aromatic heterocycles. The Balaban J connectivity index is 2.08. The zero-order valence-electron chi connectivity index (χ0n) is 9.67. The van der Waals surface area contributed by atoms with Gasteiger partial charge in [-0.3, -0.25) is 9.69 Å². The number of methoxy groups -OCH3 is 1. The minimum Gasteiger partial charge on any atom is -0.468 e. The highest BCUT2D eigenvalue weighted by Gasteiger charge is 2.49. The number of carbonyl (C=O) groups excluding carboxylic acids is 1. The second-order valence-electron chi connectivity index (χ2n) is 4.82. The second-order valence-corrected chi connectivity index (χ2v) is 4.82. The van der Waals surface area contributed by atoms with E-state index in [1.807, 2.05) is 0 Å². The topological polar surface area (TPSA) is 29.5 Å². The lowest BCUT2D eigenvalue weighted by molar-refractivity contribution is -0.166. The Morgan fingerprint density at radius 1 is 1.35 bits per heavy atom. The number of ether oxygens (including phenoxy) is 1. The molecule has 2 rings (SSSR count). The summed E-state index contributed by atoms with van der Waals surface area (Å²) in [5.74, 6) is -0.478. The van der Waals surface area contributed by atoms with E-state index in [2.05, 4.69) is 4.74 Å². The molecule has 3 nitrogen and oxygen atoms in total. The van der Waals surface area contributed by atoms with Crippen molar-refractivity contribution in [3.8, 4) is 0 Å². The zero-order valence-corrected chi connectivity index (χ0v) is 9.67. The summed E-state index contributed by atoms with van der Waals surface area (Å²) < 4.78 is 42.2. The minimum absolute atomic E-state index is 0.0467. The largest absolute Gasteiger partial charge is 0.468 e. The van der Waals surface area contributed by atoms with Gasteiger partial charge in [-0.05, 0) is 31.6 Å². The van der Waals surface area contributed by atoms with Gasteiger partial charge >= 0.3 is 12.1 Å². The van der Waals surface area contributed by atoms with Gasteiger partial charge in [0, 0.05) is 6.04 Å². The molecule has 0 heterocycles. The zero-order chi connectivity index (χ0) is 12.6. The number of hydrogen-bond acceptors (Lipinski definition) is 3. The summed E-state index contributed by atoms with van der Waals surface area (Å²) in [6.07, 6.45) is -1.13. The van der Waals surface area contributed by atoms with E-state index >= 15 is 0 Å². The SMILES string of the molecule is COC(=O)C(C1CC1)N(CC(F)(F)F)C1CC1. The van der Waals surface area contributed by atoms with E-state index in [4.69, 9.17) is 0 Å². The van der Waals surface area contributed by atoms with Gasteiger partial charge in [0.2, 0.25) is 0 Å². The molecule has 0 amide bonds. The van der Waals surface area contributed by atoms with Gasteiger partial charge in [-0.25, -0.2) is 0 Å². The Bertz CT molecular complexity index is 298. The lowest BCUT2D eigenvalue weighted by Crippen LogP contribution is -2.48. The fourth-order valence-electron chi connectivity index (χ4n) is 2.20. The number of carbonyl (C=O) groups is 1. The molecule has 0 saturated heterocycles. The molecule has 2 fully saturated rings. The van der Waals surface area contributed by atoms with Crippen molar-refractivity contribution < 1.29 is 22.7 Å². The number of esters is 1. The van der Waals surface area contributed by atoms with E-state index in [0.717, 1.165) is 25.7 Å². The summed E-state index contributed by atoms with van der Waals surface area (Å²) in [6.45, 7) is -1.01. The van der Waals surface area contributed by atoms with Crippen LogP contribution in [0.5, 0.6) is 0 Å². The first-order valence-corrected chi connectivity index (χ1v) is 5.82. The van der Waals surface area contributed by atoms with Gasteiger partial charge in [-0.2, -0.15) is 13.2 Å². The summed E-state index contributed by atoms with van der Waals surface area (Å²) in [6, 6.07) is -0.796. The van der Waals surface area contributed by atoms with Crippen LogP contribution < -0.4 is 0 Å². The van der Waals surface area contributed by atoms with E-state index in [1.54, 1.807) is 0 Å². The van der Waals surface area contributed by atoms with Crippen molar-refractivity contribution in [3.63, 3.8) is 0 Å². The van der Waals surface area contributed by atoms with Crippen molar-refractivity contribution in [3.05, 3.63) is 0 Å². The van der Waals surface area contributed by atoms with Crippen LogP contribution in [0.25, 0.3) is 0 Å². The van der Waals surface area contributed by atoms with Crippen molar-refractivity contribution in [1.29, 1.82) is 0 Å². The third kappa shape index (κ3) is 3.34. The molecule has 0 aliphatic heterocycles. The number of halogens is 3. The lowest BCUT2D eigenvalue weighted by atomic mass is 10.1. The Hall–Kier alpha value is -0.780. The van der Waals surface area contributed by atoms with Gasteiger partial charge in [-0.15, -0.1) is 0 Å². The first-order chi connectivity index (χ1) is 7.92. The van der Waals surface area contributed by atoms with Crippen LogP contribution >= 0.6 is 0 Å². The van der Waals surface area contributed by atoms with Crippen molar-refractivity contribution >= 4 is 5.97 Å². The molecule has 0 spiro atoms. The summed E-state index contributed by atoms with van der Waals surface area (Å²) in [5, 5.41) is 0. The van der Waals surface area contributed by atoms with Crippen LogP contribution in [0.1, 0.15) is 25.7 Å². The summed E-state index contributed by atoms with van der Waals surface area (Å²) >= 11 is 0. The Kier molecular flexibility index (Phi) is 3.34. The molecule has 0 radical (unpaired) electrons. The molecule has 2 saturated carbocycles. The van der Waals surface area contributed by atoms with E-state index < -0.39 is 24.7 Å². The molecule has 1 unspecified atom stereocenters. The number of alkyl halides is 3. The van der Waals surface area contributed by atoms with Gasteiger partial charge in [0.05, 0.1) is 13.7 Å². The van der Waals surface area contributed by atoms with E-state index in [-0.39, 0.29) is 12.0 Å². The maximum absolute atomic E-state index is 12.5. The Morgan fingerprint density at radius 2 is 1.94 bits per heavy atom. The third-order valence-corrected chi connectivity index (χ3v) is 3.25. The molecule has 0 aromatic rings. The smallest absolute Gasteiger partial charge is 0.401 e. The van der Waals surface area contributed by atoms with Crippen LogP contribution in [0.3, 0.4) is 0 Å². The summed E-state index contributed by atoms with van der Waals surface area (Å²) in [7, 11) is 1.23. The van der Waals surface area contributed by atoms with Crippen LogP contribution in [0, 0.1) is 5.92 Å². The molecule has 17 heavy (non-hydrogen) atoms. The van der Waals surface area contributed by atoms with E-state index in [0.29, 0.717) is 0 Å². The summed E-state index contributed by atoms with van der Waals surface area (Å²) in [5.41, 5.74) is 0. The highest BCUT2D eigenvalue weighted by Crippen LogP contribution is 2.41. The van der Waals surface area contributed by atoms with Crippen molar-refractivity contribution in [2.75, 3.05) is 13.7 Å². The monoisotopic (exact) mass is 251 g/mol. The maximum Gasteiger partial charge on any atom is 0.401 e. The standard InChI is InChI=1S/C11H16F3NO2/c1-17-10(16)9(7-2-3-7)15(8-4-5-8)6-11(12,13)14/h7-9H,2-6H2,1H3. The average molecular weight is 251 g/mol.